The average Bonchev–Trinajstić information content (AvgIpc) is 2.81. The largest absolute Gasteiger partial charge is 0.455 e. The van der Waals surface area contributed by atoms with Crippen LogP contribution < -0.4 is 5.32 Å². The van der Waals surface area contributed by atoms with E-state index in [2.05, 4.69) is 12.2 Å². The van der Waals surface area contributed by atoms with Crippen LogP contribution in [0.1, 0.15) is 55.3 Å². The predicted octanol–water partition coefficient (Wildman–Crippen LogP) is 3.21. The fourth-order valence-corrected chi connectivity index (χ4v) is 3.96. The minimum atomic E-state index is -3.89. The van der Waals surface area contributed by atoms with Gasteiger partial charge in [0, 0.05) is 22.8 Å². The number of aryl methyl sites for hydroxylation is 1. The van der Waals surface area contributed by atoms with Crippen LogP contribution in [-0.2, 0) is 9.05 Å². The van der Waals surface area contributed by atoms with E-state index in [1.807, 2.05) is 0 Å². The zero-order chi connectivity index (χ0) is 15.6. The van der Waals surface area contributed by atoms with Crippen molar-refractivity contribution in [3.63, 3.8) is 0 Å². The highest BCUT2D eigenvalue weighted by molar-refractivity contribution is 8.13. The normalized spacial score (nSPS) is 23.0. The quantitative estimate of drug-likeness (QED) is 0.858. The summed E-state index contributed by atoms with van der Waals surface area (Å²) in [6.45, 7) is 3.63. The maximum Gasteiger partial charge on any atom is 0.287 e. The number of hydrogen-bond donors (Lipinski definition) is 1. The first-order chi connectivity index (χ1) is 9.81. The summed E-state index contributed by atoms with van der Waals surface area (Å²) in [6, 6.07) is 1.31. The Hall–Kier alpha value is -1.01. The van der Waals surface area contributed by atoms with Crippen LogP contribution in [0.25, 0.3) is 0 Å². The summed E-state index contributed by atoms with van der Waals surface area (Å²) in [5, 5.41) is 2.92. The van der Waals surface area contributed by atoms with Gasteiger partial charge in [-0.25, -0.2) is 8.42 Å². The Morgan fingerprint density at radius 3 is 2.76 bits per heavy atom. The Bertz CT molecular complexity index is 623. The zero-order valence-corrected chi connectivity index (χ0v) is 13.8. The number of halogens is 1. The standard InChI is InChI=1S/C14H20ClNO4S/c1-3-10-5-4-6-11(7-10)16-14(17)12-8-13(9(2)20-12)21(15,18)19/h8,10-11H,3-7H2,1-2H3,(H,16,17). The monoisotopic (exact) mass is 333 g/mol. The fraction of sp³-hybridized carbons (Fsp3) is 0.643. The van der Waals surface area contributed by atoms with Crippen LogP contribution in [0.3, 0.4) is 0 Å². The molecule has 0 radical (unpaired) electrons. The Kier molecular flexibility index (Phi) is 4.99. The maximum absolute atomic E-state index is 12.2. The molecule has 0 saturated heterocycles. The zero-order valence-electron chi connectivity index (χ0n) is 12.2. The van der Waals surface area contributed by atoms with Gasteiger partial charge in [-0.05, 0) is 25.7 Å². The summed E-state index contributed by atoms with van der Waals surface area (Å²) in [4.78, 5) is 12.0. The number of nitrogens with one attached hydrogen (secondary N) is 1. The molecule has 7 heteroatoms. The first-order valence-electron chi connectivity index (χ1n) is 7.17. The Balaban J connectivity index is 2.07. The first-order valence-corrected chi connectivity index (χ1v) is 9.48. The lowest BCUT2D eigenvalue weighted by Crippen LogP contribution is -2.38. The average molecular weight is 334 g/mol. The van der Waals surface area contributed by atoms with Crippen LogP contribution in [0.15, 0.2) is 15.4 Å². The molecular formula is C14H20ClNO4S. The molecule has 1 saturated carbocycles. The Labute approximate surface area is 129 Å². The minimum Gasteiger partial charge on any atom is -0.455 e. The van der Waals surface area contributed by atoms with Gasteiger partial charge in [-0.3, -0.25) is 4.79 Å². The van der Waals surface area contributed by atoms with Gasteiger partial charge in [0.05, 0.1) is 0 Å². The highest BCUT2D eigenvalue weighted by atomic mass is 35.7. The maximum atomic E-state index is 12.2. The van der Waals surface area contributed by atoms with Gasteiger partial charge in [-0.2, -0.15) is 0 Å². The third-order valence-corrected chi connectivity index (χ3v) is 5.48. The van der Waals surface area contributed by atoms with Gasteiger partial charge in [-0.1, -0.05) is 26.2 Å². The van der Waals surface area contributed by atoms with Crippen LogP contribution in [0.4, 0.5) is 0 Å². The molecule has 1 amide bonds. The summed E-state index contributed by atoms with van der Waals surface area (Å²) in [5.41, 5.74) is 0. The fourth-order valence-electron chi connectivity index (χ4n) is 2.87. The van der Waals surface area contributed by atoms with Crippen molar-refractivity contribution in [3.05, 3.63) is 17.6 Å². The van der Waals surface area contributed by atoms with Gasteiger partial charge in [0.15, 0.2) is 5.76 Å². The molecule has 1 aromatic rings. The molecule has 0 bridgehead atoms. The molecule has 0 aromatic carbocycles. The number of amides is 1. The van der Waals surface area contributed by atoms with Gasteiger partial charge in [-0.15, -0.1) is 0 Å². The van der Waals surface area contributed by atoms with E-state index in [1.165, 1.54) is 19.4 Å². The SMILES string of the molecule is CCC1CCCC(NC(=O)c2cc(S(=O)(=O)Cl)c(C)o2)C1. The van der Waals surface area contributed by atoms with E-state index in [0.717, 1.165) is 25.7 Å². The number of hydrogen-bond acceptors (Lipinski definition) is 4. The number of rotatable bonds is 4. The number of furan rings is 1. The highest BCUT2D eigenvalue weighted by Crippen LogP contribution is 2.27. The number of carbonyl (C=O) groups excluding carboxylic acids is 1. The van der Waals surface area contributed by atoms with Gasteiger partial charge < -0.3 is 9.73 Å². The smallest absolute Gasteiger partial charge is 0.287 e. The topological polar surface area (TPSA) is 76.4 Å². The summed E-state index contributed by atoms with van der Waals surface area (Å²) < 4.78 is 27.9. The second kappa shape index (κ2) is 6.40. The highest BCUT2D eigenvalue weighted by Gasteiger charge is 2.26. The molecule has 2 atom stereocenters. The van der Waals surface area contributed by atoms with E-state index in [9.17, 15) is 13.2 Å². The second-order valence-electron chi connectivity index (χ2n) is 5.58. The molecular weight excluding hydrogens is 314 g/mol. The number of carbonyl (C=O) groups is 1. The summed E-state index contributed by atoms with van der Waals surface area (Å²) in [5.74, 6) is 0.378. The predicted molar refractivity (Wildman–Crippen MR) is 80.0 cm³/mol. The van der Waals surface area contributed by atoms with E-state index in [1.54, 1.807) is 0 Å². The van der Waals surface area contributed by atoms with E-state index < -0.39 is 9.05 Å². The molecule has 1 aromatic heterocycles. The molecule has 2 rings (SSSR count). The van der Waals surface area contributed by atoms with Crippen molar-refractivity contribution in [1.82, 2.24) is 5.32 Å². The minimum absolute atomic E-state index is 0.00894. The van der Waals surface area contributed by atoms with Gasteiger partial charge >= 0.3 is 0 Å². The van der Waals surface area contributed by atoms with Crippen molar-refractivity contribution in [2.75, 3.05) is 0 Å². The van der Waals surface area contributed by atoms with Crippen LogP contribution in [0.5, 0.6) is 0 Å². The molecule has 118 valence electrons. The van der Waals surface area contributed by atoms with Crippen molar-refractivity contribution in [2.45, 2.75) is 56.9 Å². The first kappa shape index (κ1) is 16.4. The second-order valence-corrected chi connectivity index (χ2v) is 8.11. The third-order valence-electron chi connectivity index (χ3n) is 4.05. The van der Waals surface area contributed by atoms with E-state index in [0.29, 0.717) is 5.92 Å². The van der Waals surface area contributed by atoms with E-state index >= 15 is 0 Å². The van der Waals surface area contributed by atoms with Crippen molar-refractivity contribution in [2.24, 2.45) is 5.92 Å². The molecule has 0 spiro atoms. The molecule has 1 heterocycles. The van der Waals surface area contributed by atoms with Gasteiger partial charge in [0.25, 0.3) is 15.0 Å². The summed E-state index contributed by atoms with van der Waals surface area (Å²) >= 11 is 0. The van der Waals surface area contributed by atoms with Crippen LogP contribution in [-0.4, -0.2) is 20.4 Å². The van der Waals surface area contributed by atoms with E-state index in [4.69, 9.17) is 15.1 Å². The summed E-state index contributed by atoms with van der Waals surface area (Å²) in [7, 11) is 1.40. The Morgan fingerprint density at radius 2 is 2.19 bits per heavy atom. The molecule has 0 aliphatic heterocycles. The van der Waals surface area contributed by atoms with E-state index in [-0.39, 0.29) is 28.4 Å². The van der Waals surface area contributed by atoms with Crippen LogP contribution in [0.2, 0.25) is 0 Å². The van der Waals surface area contributed by atoms with Crippen molar-refractivity contribution < 1.29 is 17.6 Å². The van der Waals surface area contributed by atoms with Crippen molar-refractivity contribution in [3.8, 4) is 0 Å². The molecule has 21 heavy (non-hydrogen) atoms. The molecule has 1 N–H and O–H groups in total. The Morgan fingerprint density at radius 1 is 1.48 bits per heavy atom. The molecule has 1 fully saturated rings. The molecule has 2 unspecified atom stereocenters. The summed E-state index contributed by atoms with van der Waals surface area (Å²) in [6.07, 6.45) is 5.32. The molecule has 5 nitrogen and oxygen atoms in total. The molecule has 1 aliphatic rings. The lowest BCUT2D eigenvalue weighted by molar-refractivity contribution is 0.0889. The lowest BCUT2D eigenvalue weighted by atomic mass is 9.84. The van der Waals surface area contributed by atoms with Gasteiger partial charge in [0.1, 0.15) is 10.7 Å². The van der Waals surface area contributed by atoms with Crippen LogP contribution >= 0.6 is 10.7 Å². The van der Waals surface area contributed by atoms with Crippen LogP contribution in [0, 0.1) is 12.8 Å². The lowest BCUT2D eigenvalue weighted by Gasteiger charge is -2.28. The molecule has 1 aliphatic carbocycles. The van der Waals surface area contributed by atoms with Crippen molar-refractivity contribution in [1.29, 1.82) is 0 Å². The third kappa shape index (κ3) is 4.01. The van der Waals surface area contributed by atoms with Crippen molar-refractivity contribution >= 4 is 25.6 Å². The van der Waals surface area contributed by atoms with Gasteiger partial charge in [0.2, 0.25) is 0 Å².